The van der Waals surface area contributed by atoms with Gasteiger partial charge in [-0.15, -0.1) is 0 Å². The van der Waals surface area contributed by atoms with Gasteiger partial charge < -0.3 is 9.13 Å². The van der Waals surface area contributed by atoms with Gasteiger partial charge >= 0.3 is 0 Å². The summed E-state index contributed by atoms with van der Waals surface area (Å²) in [6.45, 7) is 9.89. The molecule has 0 amide bonds. The second kappa shape index (κ2) is 7.36. The third-order valence-electron chi connectivity index (χ3n) is 7.74. The van der Waals surface area contributed by atoms with Crippen molar-refractivity contribution in [3.63, 3.8) is 0 Å². The van der Waals surface area contributed by atoms with Crippen molar-refractivity contribution in [3.05, 3.63) is 119 Å². The highest BCUT2D eigenvalue weighted by atomic mass is 28.3. The number of hydrogen-bond acceptors (Lipinski definition) is 0. The van der Waals surface area contributed by atoms with Crippen LogP contribution >= 0.6 is 0 Å². The number of aromatic nitrogens is 2. The summed E-state index contributed by atoms with van der Waals surface area (Å²) in [5.41, 5.74) is 12.3. The number of para-hydroxylation sites is 2. The van der Waals surface area contributed by atoms with Gasteiger partial charge in [0.25, 0.3) is 0 Å². The normalized spacial score (nSPS) is 19.3. The van der Waals surface area contributed by atoms with E-state index < -0.39 is 8.07 Å². The summed E-state index contributed by atoms with van der Waals surface area (Å²) >= 11 is 0. The minimum absolute atomic E-state index is 0.525. The Kier molecular flexibility index (Phi) is 4.53. The van der Waals surface area contributed by atoms with Crippen molar-refractivity contribution in [3.8, 4) is 11.4 Å². The fraction of sp³-hybridized carbons (Fsp3) is 0.200. The van der Waals surface area contributed by atoms with Crippen LogP contribution in [-0.4, -0.2) is 17.2 Å². The molecule has 2 nitrogen and oxygen atoms in total. The van der Waals surface area contributed by atoms with E-state index in [0.717, 1.165) is 0 Å². The van der Waals surface area contributed by atoms with Gasteiger partial charge in [-0.1, -0.05) is 60.6 Å². The fourth-order valence-electron chi connectivity index (χ4n) is 6.57. The molecule has 0 saturated heterocycles. The molecule has 0 aliphatic heterocycles. The maximum absolute atomic E-state index is 2.60. The average Bonchev–Trinajstić information content (AvgIpc) is 3.54. The Morgan fingerprint density at radius 1 is 0.576 bits per heavy atom. The molecular formula is C30H30N2Si. The highest BCUT2D eigenvalue weighted by Gasteiger charge is 2.47. The van der Waals surface area contributed by atoms with Gasteiger partial charge in [-0.2, -0.15) is 0 Å². The maximum atomic E-state index is 2.60. The molecule has 2 aliphatic carbocycles. The van der Waals surface area contributed by atoms with Gasteiger partial charge in [0.05, 0.1) is 8.07 Å². The second-order valence-electron chi connectivity index (χ2n) is 10.2. The van der Waals surface area contributed by atoms with E-state index in [4.69, 9.17) is 0 Å². The molecular weight excluding hydrogens is 416 g/mol. The number of hydrogen-bond donors (Lipinski definition) is 0. The lowest BCUT2D eigenvalue weighted by Crippen LogP contribution is -2.42. The first-order chi connectivity index (χ1) is 16.0. The van der Waals surface area contributed by atoms with Crippen LogP contribution < -0.4 is 0 Å². The minimum atomic E-state index is -1.80. The summed E-state index contributed by atoms with van der Waals surface area (Å²) in [6.07, 6.45) is 9.39. The molecule has 2 aliphatic rings. The van der Waals surface area contributed by atoms with Crippen molar-refractivity contribution >= 4 is 20.2 Å². The van der Waals surface area contributed by atoms with Crippen LogP contribution in [0.2, 0.25) is 13.1 Å². The first-order valence-corrected chi connectivity index (χ1v) is 15.0. The second-order valence-corrected chi connectivity index (χ2v) is 15.0. The molecule has 0 saturated carbocycles. The zero-order chi connectivity index (χ0) is 22.7. The number of rotatable bonds is 4. The van der Waals surface area contributed by atoms with E-state index in [1.807, 2.05) is 0 Å². The molecule has 2 aromatic carbocycles. The van der Waals surface area contributed by atoms with Crippen LogP contribution in [0.5, 0.6) is 0 Å². The summed E-state index contributed by atoms with van der Waals surface area (Å²) < 4.78 is 4.72. The minimum Gasteiger partial charge on any atom is -0.317 e. The van der Waals surface area contributed by atoms with Crippen LogP contribution in [0.1, 0.15) is 47.4 Å². The Morgan fingerprint density at radius 3 is 1.36 bits per heavy atom. The molecule has 2 heterocycles. The molecule has 4 aromatic rings. The van der Waals surface area contributed by atoms with E-state index >= 15 is 0 Å². The van der Waals surface area contributed by atoms with Gasteiger partial charge in [-0.05, 0) is 73.5 Å². The zero-order valence-electron chi connectivity index (χ0n) is 19.8. The Balaban J connectivity index is 1.42. The molecule has 0 fully saturated rings. The van der Waals surface area contributed by atoms with Crippen molar-refractivity contribution in [2.45, 2.75) is 38.0 Å². The van der Waals surface area contributed by atoms with Crippen LogP contribution in [0, 0.1) is 0 Å². The Bertz CT molecular complexity index is 1290. The van der Waals surface area contributed by atoms with Gasteiger partial charge in [-0.3, -0.25) is 0 Å². The molecule has 33 heavy (non-hydrogen) atoms. The van der Waals surface area contributed by atoms with Crippen molar-refractivity contribution in [1.82, 2.24) is 9.13 Å². The summed E-state index contributed by atoms with van der Waals surface area (Å²) in [4.78, 5) is 0. The predicted octanol–water partition coefficient (Wildman–Crippen LogP) is 7.76. The van der Waals surface area contributed by atoms with Crippen molar-refractivity contribution in [1.29, 1.82) is 0 Å². The molecule has 3 heteroatoms. The quantitative estimate of drug-likeness (QED) is 0.284. The first-order valence-electron chi connectivity index (χ1n) is 11.9. The smallest absolute Gasteiger partial charge is 0.0723 e. The monoisotopic (exact) mass is 446 g/mol. The molecule has 0 bridgehead atoms. The number of allylic oxidation sites excluding steroid dienone is 2. The lowest BCUT2D eigenvalue weighted by Gasteiger charge is -2.38. The van der Waals surface area contributed by atoms with E-state index in [-0.39, 0.29) is 0 Å². The van der Waals surface area contributed by atoms with Crippen LogP contribution in [-0.2, 0) is 0 Å². The van der Waals surface area contributed by atoms with Crippen molar-refractivity contribution in [2.75, 3.05) is 0 Å². The van der Waals surface area contributed by atoms with Crippen LogP contribution in [0.25, 0.3) is 23.5 Å². The fourth-order valence-corrected chi connectivity index (χ4v) is 11.5. The van der Waals surface area contributed by atoms with Crippen LogP contribution in [0.15, 0.2) is 96.3 Å². The van der Waals surface area contributed by atoms with Crippen molar-refractivity contribution in [2.24, 2.45) is 0 Å². The maximum Gasteiger partial charge on any atom is 0.0723 e. The highest BCUT2D eigenvalue weighted by molar-refractivity contribution is 6.81. The zero-order valence-corrected chi connectivity index (χ0v) is 20.8. The van der Waals surface area contributed by atoms with Crippen LogP contribution in [0.3, 0.4) is 0 Å². The number of nitrogens with zero attached hydrogens (tertiary/aromatic N) is 2. The predicted molar refractivity (Wildman–Crippen MR) is 142 cm³/mol. The van der Waals surface area contributed by atoms with E-state index in [2.05, 4.69) is 133 Å². The topological polar surface area (TPSA) is 9.86 Å². The third-order valence-corrected chi connectivity index (χ3v) is 12.2. The van der Waals surface area contributed by atoms with Crippen molar-refractivity contribution < 1.29 is 0 Å². The van der Waals surface area contributed by atoms with E-state index in [1.54, 1.807) is 0 Å². The van der Waals surface area contributed by atoms with Gasteiger partial charge in [-0.25, -0.2) is 0 Å². The summed E-state index contributed by atoms with van der Waals surface area (Å²) in [6, 6.07) is 26.2. The molecule has 0 radical (unpaired) electrons. The number of fused-ring (bicyclic) bond motifs is 2. The summed E-state index contributed by atoms with van der Waals surface area (Å²) in [7, 11) is -1.80. The molecule has 0 N–H and O–H groups in total. The average molecular weight is 447 g/mol. The van der Waals surface area contributed by atoms with Crippen LogP contribution in [0.4, 0.5) is 0 Å². The van der Waals surface area contributed by atoms with E-state index in [9.17, 15) is 0 Å². The molecule has 2 atom stereocenters. The highest BCUT2D eigenvalue weighted by Crippen LogP contribution is 2.52. The van der Waals surface area contributed by atoms with Gasteiger partial charge in [0.15, 0.2) is 0 Å². The van der Waals surface area contributed by atoms with E-state index in [0.29, 0.717) is 11.1 Å². The summed E-state index contributed by atoms with van der Waals surface area (Å²) in [5, 5.41) is 0. The SMILES string of the molecule is CC1=Cc2c(ccn2-c2ccccc2)C1[Si](C)(C)C1C(C)=Cc2c1ccn2-c1ccccc1. The molecule has 2 unspecified atom stereocenters. The molecule has 6 rings (SSSR count). The van der Waals surface area contributed by atoms with Gasteiger partial charge in [0.1, 0.15) is 0 Å². The number of benzene rings is 2. The first kappa shape index (κ1) is 20.3. The standard InChI is InChI=1S/C30H30N2Si/c1-21-19-27-25(15-17-31(27)23-11-7-5-8-12-23)29(21)33(3,4)30-22(2)20-28-26(30)16-18-32(28)24-13-9-6-10-14-24/h5-20,29-30H,1-4H3. The lowest BCUT2D eigenvalue weighted by molar-refractivity contribution is 0.966. The largest absolute Gasteiger partial charge is 0.317 e. The third kappa shape index (κ3) is 2.99. The summed E-state index contributed by atoms with van der Waals surface area (Å²) in [5.74, 6) is 0. The Hall–Kier alpha value is -3.30. The Morgan fingerprint density at radius 2 is 0.970 bits per heavy atom. The molecule has 164 valence electrons. The molecule has 2 aromatic heterocycles. The van der Waals surface area contributed by atoms with Gasteiger partial charge in [0, 0.05) is 46.2 Å². The van der Waals surface area contributed by atoms with E-state index in [1.165, 1.54) is 45.0 Å². The Labute approximate surface area is 197 Å². The van der Waals surface area contributed by atoms with Gasteiger partial charge in [0.2, 0.25) is 0 Å². The molecule has 0 spiro atoms. The lowest BCUT2D eigenvalue weighted by atomic mass is 10.2.